The third kappa shape index (κ3) is 36.8. The van der Waals surface area contributed by atoms with Crippen molar-refractivity contribution in [1.29, 1.82) is 0 Å². The molecule has 0 spiro atoms. The van der Waals surface area contributed by atoms with Crippen molar-refractivity contribution in [2.24, 2.45) is 5.92 Å². The minimum absolute atomic E-state index is 0.675. The molecule has 0 fully saturated rings. The number of hydrogen-bond donors (Lipinski definition) is 0. The average Bonchev–Trinajstić information content (AvgIpc) is 2.62. The minimum atomic E-state index is 0.675. The van der Waals surface area contributed by atoms with Crippen LogP contribution in [0.1, 0.15) is 131 Å². The highest BCUT2D eigenvalue weighted by Gasteiger charge is 1.99. The summed E-state index contributed by atoms with van der Waals surface area (Å²) < 4.78 is 0. The van der Waals surface area contributed by atoms with Crippen molar-refractivity contribution in [3.8, 4) is 0 Å². The maximum Gasteiger partial charge on any atom is -0.0263 e. The van der Waals surface area contributed by atoms with E-state index in [9.17, 15) is 0 Å². The van der Waals surface area contributed by atoms with E-state index in [4.69, 9.17) is 0 Å². The van der Waals surface area contributed by atoms with Gasteiger partial charge in [0.25, 0.3) is 0 Å². The minimum Gasteiger partial charge on any atom is -0.103 e. The van der Waals surface area contributed by atoms with Gasteiger partial charge in [-0.15, -0.1) is 13.2 Å². The second-order valence-corrected chi connectivity index (χ2v) is 8.24. The molecule has 0 saturated carbocycles. The molecule has 0 aliphatic heterocycles. The lowest BCUT2D eigenvalue weighted by Gasteiger charge is -2.08. The van der Waals surface area contributed by atoms with Crippen LogP contribution in [-0.4, -0.2) is 0 Å². The lowest BCUT2D eigenvalue weighted by Crippen LogP contribution is -1.92. The molecule has 0 aliphatic carbocycles. The first-order chi connectivity index (χ1) is 12.9. The van der Waals surface area contributed by atoms with Crippen LogP contribution < -0.4 is 0 Å². The van der Waals surface area contributed by atoms with Gasteiger partial charge in [-0.05, 0) is 38.5 Å². The van der Waals surface area contributed by atoms with E-state index in [2.05, 4.69) is 54.4 Å². The van der Waals surface area contributed by atoms with Crippen LogP contribution >= 0.6 is 0 Å². The molecule has 0 saturated heterocycles. The van der Waals surface area contributed by atoms with Crippen LogP contribution in [0, 0.1) is 5.92 Å². The number of allylic oxidation sites excluding steroid dienone is 3. The van der Waals surface area contributed by atoms with E-state index in [0.29, 0.717) is 5.92 Å². The van der Waals surface area contributed by atoms with Crippen LogP contribution in [0.4, 0.5) is 0 Å². The zero-order chi connectivity index (χ0) is 21.3. The van der Waals surface area contributed by atoms with Gasteiger partial charge in [-0.3, -0.25) is 0 Å². The monoisotopic (exact) mass is 378 g/mol. The van der Waals surface area contributed by atoms with Crippen molar-refractivity contribution in [2.75, 3.05) is 0 Å². The summed E-state index contributed by atoms with van der Waals surface area (Å²) in [6.07, 6.45) is 20.8. The lowest BCUT2D eigenvalue weighted by molar-refractivity contribution is 0.551. The van der Waals surface area contributed by atoms with Crippen LogP contribution in [0.2, 0.25) is 0 Å². The van der Waals surface area contributed by atoms with Gasteiger partial charge in [0.15, 0.2) is 0 Å². The third-order valence-electron chi connectivity index (χ3n) is 4.44. The van der Waals surface area contributed by atoms with E-state index in [1.54, 1.807) is 0 Å². The van der Waals surface area contributed by atoms with Crippen molar-refractivity contribution < 1.29 is 0 Å². The Kier molecular flexibility index (Phi) is 31.4. The van der Waals surface area contributed by atoms with E-state index >= 15 is 0 Å². The van der Waals surface area contributed by atoms with Gasteiger partial charge >= 0.3 is 0 Å². The standard InChI is InChI=1S/C17H34.C7H12.C3H8/c1-5-6-7-8-9-10-11-12-13-14-15-17(4)16(2)3;1-4-5-6-7(2)3;1-3-2/h16H,4-15H2,1-3H3;4H,1-2,5-6H2,3H3;3H2,1-2H3. The molecule has 0 heterocycles. The fourth-order valence-electron chi connectivity index (χ4n) is 2.48. The van der Waals surface area contributed by atoms with Gasteiger partial charge in [-0.25, -0.2) is 0 Å². The zero-order valence-electron chi connectivity index (χ0n) is 20.2. The average molecular weight is 379 g/mol. The van der Waals surface area contributed by atoms with Crippen molar-refractivity contribution in [1.82, 2.24) is 0 Å². The summed E-state index contributed by atoms with van der Waals surface area (Å²) in [6, 6.07) is 0. The molecule has 0 amide bonds. The van der Waals surface area contributed by atoms with Gasteiger partial charge in [-0.2, -0.15) is 0 Å². The maximum atomic E-state index is 4.13. The van der Waals surface area contributed by atoms with Gasteiger partial charge in [0.1, 0.15) is 0 Å². The van der Waals surface area contributed by atoms with E-state index < -0.39 is 0 Å². The Labute approximate surface area is 174 Å². The van der Waals surface area contributed by atoms with Crippen LogP contribution in [0.3, 0.4) is 0 Å². The first-order valence-corrected chi connectivity index (χ1v) is 11.8. The van der Waals surface area contributed by atoms with Crippen LogP contribution in [0.5, 0.6) is 0 Å². The Morgan fingerprint density at radius 2 is 1.15 bits per heavy atom. The number of hydrogen-bond acceptors (Lipinski definition) is 0. The predicted molar refractivity (Wildman–Crippen MR) is 131 cm³/mol. The van der Waals surface area contributed by atoms with Crippen molar-refractivity contribution in [3.05, 3.63) is 37.0 Å². The molecular formula is C27H54. The molecule has 0 N–H and O–H groups in total. The Hall–Kier alpha value is -0.780. The molecule has 0 aromatic carbocycles. The molecule has 0 nitrogen and oxygen atoms in total. The topological polar surface area (TPSA) is 0 Å². The molecule has 0 radical (unpaired) electrons. The summed E-state index contributed by atoms with van der Waals surface area (Å²) in [5, 5.41) is 0. The normalized spacial score (nSPS) is 9.74. The maximum absolute atomic E-state index is 4.13. The first-order valence-electron chi connectivity index (χ1n) is 11.8. The second-order valence-electron chi connectivity index (χ2n) is 8.24. The Balaban J connectivity index is -0.000000476. The van der Waals surface area contributed by atoms with Crippen molar-refractivity contribution in [2.45, 2.75) is 131 Å². The van der Waals surface area contributed by atoms with Gasteiger partial charge in [0.05, 0.1) is 0 Å². The SMILES string of the molecule is C=C(CCCCCCCCCCCC)C(C)C.C=CCCC(=C)C.CCC. The Morgan fingerprint density at radius 1 is 0.741 bits per heavy atom. The first kappa shape index (κ1) is 30.9. The quantitative estimate of drug-likeness (QED) is 0.196. The summed E-state index contributed by atoms with van der Waals surface area (Å²) in [5.41, 5.74) is 2.67. The highest BCUT2D eigenvalue weighted by molar-refractivity contribution is 4.96. The van der Waals surface area contributed by atoms with Gasteiger partial charge in [0.2, 0.25) is 0 Å². The molecule has 0 bridgehead atoms. The highest BCUT2D eigenvalue weighted by Crippen LogP contribution is 2.17. The Bertz CT molecular complexity index is 308. The van der Waals surface area contributed by atoms with Gasteiger partial charge in [-0.1, -0.05) is 123 Å². The molecule has 0 rings (SSSR count). The summed E-state index contributed by atoms with van der Waals surface area (Å²) in [6.45, 7) is 24.5. The van der Waals surface area contributed by atoms with E-state index in [1.165, 1.54) is 88.2 Å². The van der Waals surface area contributed by atoms with E-state index in [0.717, 1.165) is 12.8 Å². The molecule has 0 unspecified atom stereocenters. The number of rotatable bonds is 15. The fourth-order valence-corrected chi connectivity index (χ4v) is 2.48. The zero-order valence-corrected chi connectivity index (χ0v) is 20.2. The molecule has 0 aromatic rings. The molecule has 0 aromatic heterocycles. The van der Waals surface area contributed by atoms with Crippen LogP contribution in [0.25, 0.3) is 0 Å². The smallest absolute Gasteiger partial charge is 0.0263 e. The van der Waals surface area contributed by atoms with Crippen LogP contribution in [0.15, 0.2) is 37.0 Å². The van der Waals surface area contributed by atoms with E-state index in [-0.39, 0.29) is 0 Å². The van der Waals surface area contributed by atoms with Crippen molar-refractivity contribution >= 4 is 0 Å². The fraction of sp³-hybridized carbons (Fsp3) is 0.778. The molecule has 162 valence electrons. The number of unbranched alkanes of at least 4 members (excludes halogenated alkanes) is 9. The summed E-state index contributed by atoms with van der Waals surface area (Å²) >= 11 is 0. The highest BCUT2D eigenvalue weighted by atomic mass is 14.1. The predicted octanol–water partition coefficient (Wildman–Crippen LogP) is 10.5. The van der Waals surface area contributed by atoms with Gasteiger partial charge < -0.3 is 0 Å². The molecule has 0 heteroatoms. The summed E-state index contributed by atoms with van der Waals surface area (Å²) in [4.78, 5) is 0. The summed E-state index contributed by atoms with van der Waals surface area (Å²) in [7, 11) is 0. The summed E-state index contributed by atoms with van der Waals surface area (Å²) in [5.74, 6) is 0.675. The second kappa shape index (κ2) is 27.4. The van der Waals surface area contributed by atoms with Gasteiger partial charge in [0, 0.05) is 0 Å². The van der Waals surface area contributed by atoms with E-state index in [1.807, 2.05) is 13.0 Å². The Morgan fingerprint density at radius 3 is 1.44 bits per heavy atom. The molecular weight excluding hydrogens is 324 g/mol. The molecule has 0 aliphatic rings. The largest absolute Gasteiger partial charge is 0.103 e. The van der Waals surface area contributed by atoms with Crippen LogP contribution in [-0.2, 0) is 0 Å². The van der Waals surface area contributed by atoms with Crippen molar-refractivity contribution in [3.63, 3.8) is 0 Å². The molecule has 0 atom stereocenters. The third-order valence-corrected chi connectivity index (χ3v) is 4.44. The molecule has 27 heavy (non-hydrogen) atoms. The lowest BCUT2D eigenvalue weighted by atomic mass is 9.98.